The van der Waals surface area contributed by atoms with Crippen molar-refractivity contribution in [2.24, 2.45) is 0 Å². The van der Waals surface area contributed by atoms with Crippen molar-refractivity contribution >= 4 is 20.0 Å². The van der Waals surface area contributed by atoms with Crippen LogP contribution in [0, 0.1) is 0 Å². The van der Waals surface area contributed by atoms with Crippen LogP contribution in [-0.2, 0) is 26.5 Å². The minimum atomic E-state index is -3.64. The summed E-state index contributed by atoms with van der Waals surface area (Å²) in [5.74, 6) is 0. The fourth-order valence-electron chi connectivity index (χ4n) is 2.54. The Kier molecular flexibility index (Phi) is 7.33. The maximum atomic E-state index is 12.2. The molecule has 6 nitrogen and oxygen atoms in total. The summed E-state index contributed by atoms with van der Waals surface area (Å²) in [5.41, 5.74) is 1.14. The Morgan fingerprint density at radius 2 is 1.42 bits per heavy atom. The predicted octanol–water partition coefficient (Wildman–Crippen LogP) is 1.86. The van der Waals surface area contributed by atoms with Crippen molar-refractivity contribution in [2.75, 3.05) is 25.9 Å². The minimum Gasteiger partial charge on any atom is -0.213 e. The van der Waals surface area contributed by atoms with E-state index in [1.54, 1.807) is 18.2 Å². The molecular formula is C18H24N2O4S2. The van der Waals surface area contributed by atoms with E-state index in [9.17, 15) is 16.8 Å². The van der Waals surface area contributed by atoms with Crippen molar-refractivity contribution in [1.82, 2.24) is 9.03 Å². The highest BCUT2D eigenvalue weighted by Gasteiger charge is 2.18. The maximum Gasteiger partial charge on any atom is 0.240 e. The molecule has 0 saturated carbocycles. The molecule has 0 spiro atoms. The van der Waals surface area contributed by atoms with Crippen molar-refractivity contribution < 1.29 is 16.8 Å². The van der Waals surface area contributed by atoms with Crippen molar-refractivity contribution in [1.29, 1.82) is 0 Å². The number of hydrogen-bond acceptors (Lipinski definition) is 4. The molecule has 0 aliphatic rings. The molecule has 26 heavy (non-hydrogen) atoms. The minimum absolute atomic E-state index is 0.0234. The SMILES string of the molecule is CS(=O)(=O)N(CCCc1ccccc1)CCNS(=O)(=O)c1ccccc1. The first-order valence-corrected chi connectivity index (χ1v) is 11.7. The van der Waals surface area contributed by atoms with Crippen LogP contribution in [0.25, 0.3) is 0 Å². The second-order valence-corrected chi connectivity index (χ2v) is 9.71. The van der Waals surface area contributed by atoms with Crippen molar-refractivity contribution in [3.8, 4) is 0 Å². The lowest BCUT2D eigenvalue weighted by atomic mass is 10.1. The average molecular weight is 397 g/mol. The first-order valence-electron chi connectivity index (χ1n) is 8.33. The van der Waals surface area contributed by atoms with Crippen LogP contribution in [0.4, 0.5) is 0 Å². The number of sulfonamides is 2. The molecule has 0 heterocycles. The molecule has 2 rings (SSSR count). The summed E-state index contributed by atoms with van der Waals surface area (Å²) in [6.45, 7) is 0.468. The fraction of sp³-hybridized carbons (Fsp3) is 0.333. The van der Waals surface area contributed by atoms with Gasteiger partial charge in [0.1, 0.15) is 0 Å². The predicted molar refractivity (Wildman–Crippen MR) is 103 cm³/mol. The van der Waals surface area contributed by atoms with Crippen LogP contribution in [0.2, 0.25) is 0 Å². The zero-order valence-corrected chi connectivity index (χ0v) is 16.3. The molecule has 2 aromatic rings. The molecule has 1 N–H and O–H groups in total. The largest absolute Gasteiger partial charge is 0.240 e. The molecule has 8 heteroatoms. The van der Waals surface area contributed by atoms with Gasteiger partial charge in [0.2, 0.25) is 20.0 Å². The molecule has 0 saturated heterocycles. The van der Waals surface area contributed by atoms with Gasteiger partial charge in [0.05, 0.1) is 11.2 Å². The standard InChI is InChI=1S/C18H24N2O4S2/c1-25(21,22)20(15-8-11-17-9-4-2-5-10-17)16-14-19-26(23,24)18-12-6-3-7-13-18/h2-7,9-10,12-13,19H,8,11,14-16H2,1H3. The zero-order chi connectivity index (χ0) is 19.0. The van der Waals surface area contributed by atoms with E-state index in [2.05, 4.69) is 4.72 Å². The topological polar surface area (TPSA) is 83.6 Å². The van der Waals surface area contributed by atoms with E-state index in [4.69, 9.17) is 0 Å². The Morgan fingerprint density at radius 1 is 0.846 bits per heavy atom. The molecule has 0 aliphatic carbocycles. The van der Waals surface area contributed by atoms with Crippen LogP contribution in [0.3, 0.4) is 0 Å². The van der Waals surface area contributed by atoms with Gasteiger partial charge in [-0.3, -0.25) is 0 Å². The first-order chi connectivity index (χ1) is 12.3. The number of hydrogen-bond donors (Lipinski definition) is 1. The summed E-state index contributed by atoms with van der Waals surface area (Å²) in [5, 5.41) is 0. The number of rotatable bonds is 10. The third-order valence-corrected chi connectivity index (χ3v) is 6.67. The summed E-state index contributed by atoms with van der Waals surface area (Å²) in [4.78, 5) is 0.162. The summed E-state index contributed by atoms with van der Waals surface area (Å²) < 4.78 is 52.0. The quantitative estimate of drug-likeness (QED) is 0.664. The highest BCUT2D eigenvalue weighted by molar-refractivity contribution is 7.89. The lowest BCUT2D eigenvalue weighted by molar-refractivity contribution is 0.410. The number of aryl methyl sites for hydroxylation is 1. The third kappa shape index (κ3) is 6.53. The van der Waals surface area contributed by atoms with Gasteiger partial charge in [-0.15, -0.1) is 0 Å². The van der Waals surface area contributed by atoms with Gasteiger partial charge in [0, 0.05) is 19.6 Å². The Balaban J connectivity index is 1.88. The van der Waals surface area contributed by atoms with E-state index >= 15 is 0 Å². The summed E-state index contributed by atoms with van der Waals surface area (Å²) in [6.07, 6.45) is 2.58. The van der Waals surface area contributed by atoms with Crippen molar-refractivity contribution in [2.45, 2.75) is 17.7 Å². The third-order valence-electron chi connectivity index (χ3n) is 3.89. The smallest absolute Gasteiger partial charge is 0.213 e. The lowest BCUT2D eigenvalue weighted by Crippen LogP contribution is -2.38. The van der Waals surface area contributed by atoms with Gasteiger partial charge in [0.15, 0.2) is 0 Å². The first kappa shape index (κ1) is 20.6. The van der Waals surface area contributed by atoms with Gasteiger partial charge < -0.3 is 0 Å². The van der Waals surface area contributed by atoms with Gasteiger partial charge in [0.25, 0.3) is 0 Å². The van der Waals surface area contributed by atoms with Crippen molar-refractivity contribution in [3.63, 3.8) is 0 Å². The molecule has 0 aromatic heterocycles. The molecule has 0 aliphatic heterocycles. The number of nitrogens with zero attached hydrogens (tertiary/aromatic N) is 1. The van der Waals surface area contributed by atoms with E-state index in [1.807, 2.05) is 30.3 Å². The number of benzene rings is 2. The molecular weight excluding hydrogens is 372 g/mol. The van der Waals surface area contributed by atoms with Crippen LogP contribution in [-0.4, -0.2) is 47.0 Å². The van der Waals surface area contributed by atoms with Gasteiger partial charge in [-0.1, -0.05) is 48.5 Å². The summed E-state index contributed by atoms with van der Waals surface area (Å²) in [6, 6.07) is 17.8. The monoisotopic (exact) mass is 396 g/mol. The summed E-state index contributed by atoms with van der Waals surface area (Å²) in [7, 11) is -7.04. The van der Waals surface area contributed by atoms with Gasteiger partial charge >= 0.3 is 0 Å². The number of nitrogens with one attached hydrogen (secondary N) is 1. The highest BCUT2D eigenvalue weighted by Crippen LogP contribution is 2.08. The van der Waals surface area contributed by atoms with Gasteiger partial charge in [-0.05, 0) is 30.5 Å². The van der Waals surface area contributed by atoms with E-state index in [-0.39, 0.29) is 18.0 Å². The van der Waals surface area contributed by atoms with E-state index in [1.165, 1.54) is 16.4 Å². The second-order valence-electron chi connectivity index (χ2n) is 5.96. The molecule has 0 amide bonds. The zero-order valence-electron chi connectivity index (χ0n) is 14.7. The van der Waals surface area contributed by atoms with Crippen LogP contribution in [0.1, 0.15) is 12.0 Å². The fourth-order valence-corrected chi connectivity index (χ4v) is 4.46. The van der Waals surface area contributed by atoms with Crippen LogP contribution < -0.4 is 4.72 Å². The normalized spacial score (nSPS) is 12.4. The Labute approximate surface area is 156 Å². The molecule has 0 atom stereocenters. The Hall–Kier alpha value is -1.74. The Bertz CT molecular complexity index is 883. The molecule has 0 radical (unpaired) electrons. The average Bonchev–Trinajstić information content (AvgIpc) is 2.61. The molecule has 142 valence electrons. The lowest BCUT2D eigenvalue weighted by Gasteiger charge is -2.20. The molecule has 0 unspecified atom stereocenters. The van der Waals surface area contributed by atoms with Crippen LogP contribution in [0.5, 0.6) is 0 Å². The Morgan fingerprint density at radius 3 is 2.00 bits per heavy atom. The van der Waals surface area contributed by atoms with E-state index in [0.717, 1.165) is 18.2 Å². The maximum absolute atomic E-state index is 12.2. The molecule has 2 aromatic carbocycles. The van der Waals surface area contributed by atoms with Crippen LogP contribution in [0.15, 0.2) is 65.6 Å². The summed E-state index contributed by atoms with van der Waals surface area (Å²) >= 11 is 0. The van der Waals surface area contributed by atoms with Crippen molar-refractivity contribution in [3.05, 3.63) is 66.2 Å². The van der Waals surface area contributed by atoms with E-state index < -0.39 is 20.0 Å². The second kappa shape index (κ2) is 9.27. The highest BCUT2D eigenvalue weighted by atomic mass is 32.2. The molecule has 0 fully saturated rings. The van der Waals surface area contributed by atoms with Crippen LogP contribution >= 0.6 is 0 Å². The molecule has 0 bridgehead atoms. The van der Waals surface area contributed by atoms with Gasteiger partial charge in [-0.2, -0.15) is 0 Å². The van der Waals surface area contributed by atoms with E-state index in [0.29, 0.717) is 13.0 Å². The van der Waals surface area contributed by atoms with Gasteiger partial charge in [-0.25, -0.2) is 25.9 Å².